The number of thioether (sulfide) groups is 1. The monoisotopic (exact) mass is 450 g/mol. The standard InChI is InChI=1S/C20H21F3N6OS/c21-20(22,23)18-25-26-19(29(18)24)31-13-17(30)28-10-8-27(9-11-28)12-15-6-3-5-14-4-1-2-7-16(14)15/h1-7H,8-13,24H2. The summed E-state index contributed by atoms with van der Waals surface area (Å²) in [7, 11) is 0. The number of rotatable bonds is 5. The van der Waals surface area contributed by atoms with Gasteiger partial charge in [0.15, 0.2) is 0 Å². The third-order valence-electron chi connectivity index (χ3n) is 5.24. The molecule has 31 heavy (non-hydrogen) atoms. The topological polar surface area (TPSA) is 80.3 Å². The van der Waals surface area contributed by atoms with E-state index in [1.54, 1.807) is 4.90 Å². The van der Waals surface area contributed by atoms with Gasteiger partial charge < -0.3 is 10.7 Å². The molecular weight excluding hydrogens is 429 g/mol. The van der Waals surface area contributed by atoms with Crippen LogP contribution < -0.4 is 5.84 Å². The van der Waals surface area contributed by atoms with E-state index in [2.05, 4.69) is 45.4 Å². The number of hydrogen-bond donors (Lipinski definition) is 1. The maximum absolute atomic E-state index is 12.7. The fourth-order valence-electron chi connectivity index (χ4n) is 3.61. The molecule has 1 amide bonds. The largest absolute Gasteiger partial charge is 0.453 e. The Morgan fingerprint density at radius 3 is 2.45 bits per heavy atom. The molecule has 0 bridgehead atoms. The molecule has 11 heteroatoms. The SMILES string of the molecule is Nn1c(SCC(=O)N2CCN(Cc3cccc4ccccc34)CC2)nnc1C(F)(F)F. The minimum Gasteiger partial charge on any atom is -0.339 e. The molecule has 0 unspecified atom stereocenters. The van der Waals surface area contributed by atoms with E-state index in [1.165, 1.54) is 16.3 Å². The van der Waals surface area contributed by atoms with E-state index in [0.717, 1.165) is 31.4 Å². The van der Waals surface area contributed by atoms with Crippen LogP contribution in [-0.2, 0) is 17.5 Å². The summed E-state index contributed by atoms with van der Waals surface area (Å²) in [6.07, 6.45) is -4.69. The van der Waals surface area contributed by atoms with Gasteiger partial charge in [-0.05, 0) is 16.3 Å². The van der Waals surface area contributed by atoms with E-state index in [-0.39, 0.29) is 16.8 Å². The van der Waals surface area contributed by atoms with Gasteiger partial charge in [-0.25, -0.2) is 4.68 Å². The van der Waals surface area contributed by atoms with Crippen LogP contribution in [0.2, 0.25) is 0 Å². The Balaban J connectivity index is 1.30. The van der Waals surface area contributed by atoms with Crippen molar-refractivity contribution in [2.75, 3.05) is 37.8 Å². The molecule has 1 aliphatic rings. The fraction of sp³-hybridized carbons (Fsp3) is 0.350. The highest BCUT2D eigenvalue weighted by Crippen LogP contribution is 2.29. The van der Waals surface area contributed by atoms with Gasteiger partial charge in [-0.2, -0.15) is 13.2 Å². The van der Waals surface area contributed by atoms with Crippen molar-refractivity contribution in [3.8, 4) is 0 Å². The van der Waals surface area contributed by atoms with Crippen molar-refractivity contribution < 1.29 is 18.0 Å². The third-order valence-corrected chi connectivity index (χ3v) is 6.17. The Labute approximate surface area is 181 Å². The normalized spacial score (nSPS) is 15.5. The summed E-state index contributed by atoms with van der Waals surface area (Å²) < 4.78 is 38.6. The molecule has 2 N–H and O–H groups in total. The van der Waals surface area contributed by atoms with Crippen LogP contribution in [0.3, 0.4) is 0 Å². The van der Waals surface area contributed by atoms with Crippen LogP contribution in [0, 0.1) is 0 Å². The molecule has 0 spiro atoms. The predicted molar refractivity (Wildman–Crippen MR) is 112 cm³/mol. The van der Waals surface area contributed by atoms with Crippen LogP contribution in [-0.4, -0.2) is 62.5 Å². The molecule has 1 aliphatic heterocycles. The first-order valence-corrected chi connectivity index (χ1v) is 10.7. The van der Waals surface area contributed by atoms with Gasteiger partial charge in [-0.1, -0.05) is 54.2 Å². The van der Waals surface area contributed by atoms with E-state index < -0.39 is 12.0 Å². The maximum Gasteiger partial charge on any atom is 0.453 e. The van der Waals surface area contributed by atoms with Crippen LogP contribution >= 0.6 is 11.8 Å². The quantitative estimate of drug-likeness (QED) is 0.476. The second kappa shape index (κ2) is 8.75. The predicted octanol–water partition coefficient (Wildman–Crippen LogP) is 2.60. The van der Waals surface area contributed by atoms with E-state index in [9.17, 15) is 18.0 Å². The highest BCUT2D eigenvalue weighted by Gasteiger charge is 2.38. The Bertz CT molecular complexity index is 1070. The number of aromatic nitrogens is 3. The average molecular weight is 450 g/mol. The minimum atomic E-state index is -4.69. The first-order valence-electron chi connectivity index (χ1n) is 9.70. The smallest absolute Gasteiger partial charge is 0.339 e. The molecule has 0 aliphatic carbocycles. The lowest BCUT2D eigenvalue weighted by Crippen LogP contribution is -2.48. The zero-order valence-electron chi connectivity index (χ0n) is 16.5. The van der Waals surface area contributed by atoms with Gasteiger partial charge in [0.05, 0.1) is 5.75 Å². The van der Waals surface area contributed by atoms with Crippen molar-refractivity contribution in [3.63, 3.8) is 0 Å². The number of carbonyl (C=O) groups is 1. The Hall–Kier alpha value is -2.79. The van der Waals surface area contributed by atoms with Crippen LogP contribution in [0.5, 0.6) is 0 Å². The molecule has 0 radical (unpaired) electrons. The van der Waals surface area contributed by atoms with Crippen LogP contribution in [0.4, 0.5) is 13.2 Å². The number of piperazine rings is 1. The first-order chi connectivity index (χ1) is 14.8. The number of nitrogens with two attached hydrogens (primary N) is 1. The number of nitrogens with zero attached hydrogens (tertiary/aromatic N) is 5. The maximum atomic E-state index is 12.7. The Kier molecular flexibility index (Phi) is 6.05. The molecule has 7 nitrogen and oxygen atoms in total. The van der Waals surface area contributed by atoms with Crippen molar-refractivity contribution in [1.82, 2.24) is 24.7 Å². The van der Waals surface area contributed by atoms with Gasteiger partial charge in [0.1, 0.15) is 0 Å². The summed E-state index contributed by atoms with van der Waals surface area (Å²) in [5.41, 5.74) is 1.25. The van der Waals surface area contributed by atoms with Crippen LogP contribution in [0.15, 0.2) is 47.6 Å². The summed E-state index contributed by atoms with van der Waals surface area (Å²) in [4.78, 5) is 16.5. The summed E-state index contributed by atoms with van der Waals surface area (Å²) in [5, 5.41) is 8.78. The van der Waals surface area contributed by atoms with Gasteiger partial charge in [-0.3, -0.25) is 9.69 Å². The highest BCUT2D eigenvalue weighted by molar-refractivity contribution is 7.99. The van der Waals surface area contributed by atoms with Gasteiger partial charge in [-0.15, -0.1) is 10.2 Å². The first kappa shape index (κ1) is 21.4. The number of amides is 1. The van der Waals surface area contributed by atoms with Crippen molar-refractivity contribution >= 4 is 28.4 Å². The van der Waals surface area contributed by atoms with E-state index >= 15 is 0 Å². The lowest BCUT2D eigenvalue weighted by atomic mass is 10.0. The van der Waals surface area contributed by atoms with Crippen molar-refractivity contribution in [2.45, 2.75) is 17.9 Å². The molecule has 1 aromatic heterocycles. The van der Waals surface area contributed by atoms with E-state index in [1.807, 2.05) is 12.1 Å². The number of fused-ring (bicyclic) bond motifs is 1. The van der Waals surface area contributed by atoms with Crippen LogP contribution in [0.1, 0.15) is 11.4 Å². The fourth-order valence-corrected chi connectivity index (χ4v) is 4.37. The molecular formula is C20H21F3N6OS. The molecule has 164 valence electrons. The van der Waals surface area contributed by atoms with Gasteiger partial charge in [0, 0.05) is 32.7 Å². The summed E-state index contributed by atoms with van der Waals surface area (Å²) in [6.45, 7) is 3.38. The summed E-state index contributed by atoms with van der Waals surface area (Å²) in [5.74, 6) is 3.91. The van der Waals surface area contributed by atoms with Crippen molar-refractivity contribution in [1.29, 1.82) is 0 Å². The van der Waals surface area contributed by atoms with Crippen molar-refractivity contribution in [2.24, 2.45) is 0 Å². The molecule has 0 atom stereocenters. The Morgan fingerprint density at radius 1 is 1.03 bits per heavy atom. The number of alkyl halides is 3. The second-order valence-corrected chi connectivity index (χ2v) is 8.20. The average Bonchev–Trinajstić information content (AvgIpc) is 3.13. The van der Waals surface area contributed by atoms with Gasteiger partial charge >= 0.3 is 6.18 Å². The van der Waals surface area contributed by atoms with Crippen molar-refractivity contribution in [3.05, 3.63) is 53.9 Å². The molecule has 2 heterocycles. The van der Waals surface area contributed by atoms with Gasteiger partial charge in [0.2, 0.25) is 11.1 Å². The van der Waals surface area contributed by atoms with Gasteiger partial charge in [0.25, 0.3) is 5.82 Å². The molecule has 1 fully saturated rings. The number of carbonyl (C=O) groups excluding carboxylic acids is 1. The van der Waals surface area contributed by atoms with Crippen LogP contribution in [0.25, 0.3) is 10.8 Å². The number of halogens is 3. The zero-order valence-corrected chi connectivity index (χ0v) is 17.4. The lowest BCUT2D eigenvalue weighted by molar-refractivity contribution is -0.146. The number of hydrogen-bond acceptors (Lipinski definition) is 6. The summed E-state index contributed by atoms with van der Waals surface area (Å²) in [6, 6.07) is 14.5. The second-order valence-electron chi connectivity index (χ2n) is 7.26. The molecule has 3 aromatic rings. The lowest BCUT2D eigenvalue weighted by Gasteiger charge is -2.35. The third kappa shape index (κ3) is 4.77. The minimum absolute atomic E-state index is 0.0451. The highest BCUT2D eigenvalue weighted by atomic mass is 32.2. The number of benzene rings is 2. The number of nitrogen functional groups attached to an aromatic ring is 1. The molecule has 4 rings (SSSR count). The molecule has 0 saturated carbocycles. The van der Waals surface area contributed by atoms with E-state index in [4.69, 9.17) is 5.84 Å². The molecule has 1 saturated heterocycles. The Morgan fingerprint density at radius 2 is 1.74 bits per heavy atom. The summed E-state index contributed by atoms with van der Waals surface area (Å²) >= 11 is 0.850. The van der Waals surface area contributed by atoms with E-state index in [0.29, 0.717) is 17.8 Å². The molecule has 2 aromatic carbocycles. The zero-order chi connectivity index (χ0) is 22.0.